The number of hydrogen-bond donors (Lipinski definition) is 2. The first kappa shape index (κ1) is 15.7. The summed E-state index contributed by atoms with van der Waals surface area (Å²) >= 11 is 0. The molecule has 0 aromatic heterocycles. The number of nitrogens with one attached hydrogen (secondary N) is 2. The van der Waals surface area contributed by atoms with E-state index in [0.717, 1.165) is 0 Å². The summed E-state index contributed by atoms with van der Waals surface area (Å²) in [6.45, 7) is 12.5. The minimum Gasteiger partial charge on any atom is -0.458 e. The number of amides is 2. The molecular weight excluding hydrogens is 220 g/mol. The van der Waals surface area contributed by atoms with Crippen molar-refractivity contribution in [3.05, 3.63) is 0 Å². The van der Waals surface area contributed by atoms with E-state index in [4.69, 9.17) is 4.74 Å². The maximum atomic E-state index is 11.6. The van der Waals surface area contributed by atoms with Crippen LogP contribution in [0.4, 0.5) is 4.79 Å². The second kappa shape index (κ2) is 5.38. The predicted octanol–water partition coefficient (Wildman–Crippen LogP) is 1.81. The van der Waals surface area contributed by atoms with Gasteiger partial charge in [-0.25, -0.2) is 9.59 Å². The normalized spacial score (nSPS) is 13.8. The smallest absolute Gasteiger partial charge is 0.328 e. The molecule has 0 saturated heterocycles. The molecule has 0 aromatic carbocycles. The highest BCUT2D eigenvalue weighted by molar-refractivity contribution is 5.83. The largest absolute Gasteiger partial charge is 0.458 e. The van der Waals surface area contributed by atoms with Crippen molar-refractivity contribution in [2.45, 2.75) is 65.6 Å². The number of ether oxygens (including phenoxy) is 1. The Bertz CT molecular complexity index is 287. The van der Waals surface area contributed by atoms with Gasteiger partial charge >= 0.3 is 12.0 Å². The zero-order valence-corrected chi connectivity index (χ0v) is 11.8. The molecule has 5 heteroatoms. The van der Waals surface area contributed by atoms with Crippen molar-refractivity contribution in [1.29, 1.82) is 0 Å². The first-order valence-electron chi connectivity index (χ1n) is 5.72. The van der Waals surface area contributed by atoms with Crippen molar-refractivity contribution in [1.82, 2.24) is 10.6 Å². The molecular formula is C12H24N2O3. The number of hydrogen-bond acceptors (Lipinski definition) is 3. The van der Waals surface area contributed by atoms with Crippen LogP contribution in [0.2, 0.25) is 0 Å². The molecule has 0 aliphatic heterocycles. The molecule has 0 rings (SSSR count). The highest BCUT2D eigenvalue weighted by Gasteiger charge is 2.24. The van der Waals surface area contributed by atoms with Crippen LogP contribution in [-0.4, -0.2) is 29.2 Å². The Morgan fingerprint density at radius 2 is 1.53 bits per heavy atom. The van der Waals surface area contributed by atoms with E-state index in [1.54, 1.807) is 27.7 Å². The second-order valence-electron chi connectivity index (χ2n) is 6.10. The molecule has 0 unspecified atom stereocenters. The van der Waals surface area contributed by atoms with E-state index in [0.29, 0.717) is 0 Å². The summed E-state index contributed by atoms with van der Waals surface area (Å²) in [5.41, 5.74) is -0.884. The van der Waals surface area contributed by atoms with Gasteiger partial charge in [-0.2, -0.15) is 0 Å². The van der Waals surface area contributed by atoms with Crippen molar-refractivity contribution in [2.75, 3.05) is 0 Å². The number of carbonyl (C=O) groups is 2. The van der Waals surface area contributed by atoms with Crippen LogP contribution in [0.25, 0.3) is 0 Å². The predicted molar refractivity (Wildman–Crippen MR) is 66.7 cm³/mol. The van der Waals surface area contributed by atoms with E-state index < -0.39 is 17.6 Å². The van der Waals surface area contributed by atoms with E-state index in [1.807, 2.05) is 20.8 Å². The second-order valence-corrected chi connectivity index (χ2v) is 6.10. The van der Waals surface area contributed by atoms with E-state index >= 15 is 0 Å². The molecule has 17 heavy (non-hydrogen) atoms. The number of esters is 1. The van der Waals surface area contributed by atoms with Gasteiger partial charge in [-0.1, -0.05) is 0 Å². The Labute approximate surface area is 103 Å². The summed E-state index contributed by atoms with van der Waals surface area (Å²) < 4.78 is 5.15. The Balaban J connectivity index is 4.22. The summed E-state index contributed by atoms with van der Waals surface area (Å²) in [6, 6.07) is -1.05. The molecule has 0 radical (unpaired) electrons. The standard InChI is InChI=1S/C12H24N2O3/c1-8(9(15)17-12(5,6)7)13-10(16)14-11(2,3)4/h8H,1-7H3,(H2,13,14,16)/t8-/m0/s1. The molecule has 0 aliphatic rings. The van der Waals surface area contributed by atoms with Gasteiger partial charge in [0, 0.05) is 5.54 Å². The van der Waals surface area contributed by atoms with Crippen LogP contribution in [-0.2, 0) is 9.53 Å². The number of rotatable bonds is 2. The SMILES string of the molecule is C[C@H](NC(=O)NC(C)(C)C)C(=O)OC(C)(C)C. The molecule has 0 fully saturated rings. The third-order valence-corrected chi connectivity index (χ3v) is 1.60. The summed E-state index contributed by atoms with van der Waals surface area (Å²) in [6.07, 6.45) is 0. The van der Waals surface area contributed by atoms with Gasteiger partial charge in [0.05, 0.1) is 0 Å². The van der Waals surface area contributed by atoms with E-state index in [1.165, 1.54) is 0 Å². The average molecular weight is 244 g/mol. The van der Waals surface area contributed by atoms with Crippen LogP contribution >= 0.6 is 0 Å². The fourth-order valence-electron chi connectivity index (χ4n) is 1.02. The highest BCUT2D eigenvalue weighted by atomic mass is 16.6. The van der Waals surface area contributed by atoms with Crippen molar-refractivity contribution in [3.63, 3.8) is 0 Å². The van der Waals surface area contributed by atoms with Crippen molar-refractivity contribution in [3.8, 4) is 0 Å². The first-order chi connectivity index (χ1) is 7.41. The molecule has 0 spiro atoms. The molecule has 5 nitrogen and oxygen atoms in total. The van der Waals surface area contributed by atoms with Crippen molar-refractivity contribution in [2.24, 2.45) is 0 Å². The lowest BCUT2D eigenvalue weighted by Gasteiger charge is -2.25. The number of urea groups is 1. The molecule has 0 heterocycles. The van der Waals surface area contributed by atoms with Crippen LogP contribution in [0.5, 0.6) is 0 Å². The highest BCUT2D eigenvalue weighted by Crippen LogP contribution is 2.08. The minimum atomic E-state index is -0.670. The Morgan fingerprint density at radius 1 is 1.06 bits per heavy atom. The van der Waals surface area contributed by atoms with E-state index in [2.05, 4.69) is 10.6 Å². The Morgan fingerprint density at radius 3 is 1.88 bits per heavy atom. The van der Waals surface area contributed by atoms with Crippen LogP contribution in [0, 0.1) is 0 Å². The summed E-state index contributed by atoms with van der Waals surface area (Å²) in [5.74, 6) is -0.443. The third kappa shape index (κ3) is 8.54. The number of carbonyl (C=O) groups excluding carboxylic acids is 2. The Hall–Kier alpha value is -1.26. The molecule has 2 N–H and O–H groups in total. The lowest BCUT2D eigenvalue weighted by Crippen LogP contribution is -2.51. The third-order valence-electron chi connectivity index (χ3n) is 1.60. The van der Waals surface area contributed by atoms with Crippen molar-refractivity contribution >= 4 is 12.0 Å². The van der Waals surface area contributed by atoms with Gasteiger partial charge in [0.25, 0.3) is 0 Å². The molecule has 0 aliphatic carbocycles. The van der Waals surface area contributed by atoms with Gasteiger partial charge in [0.2, 0.25) is 0 Å². The fourth-order valence-corrected chi connectivity index (χ4v) is 1.02. The maximum Gasteiger partial charge on any atom is 0.328 e. The van der Waals surface area contributed by atoms with E-state index in [-0.39, 0.29) is 11.6 Å². The zero-order chi connectivity index (χ0) is 13.9. The van der Waals surface area contributed by atoms with Gasteiger partial charge in [0.15, 0.2) is 0 Å². The topological polar surface area (TPSA) is 67.4 Å². The average Bonchev–Trinajstić information content (AvgIpc) is 1.95. The molecule has 1 atom stereocenters. The quantitative estimate of drug-likeness (QED) is 0.728. The molecule has 0 saturated carbocycles. The maximum absolute atomic E-state index is 11.6. The fraction of sp³-hybridized carbons (Fsp3) is 0.833. The van der Waals surface area contributed by atoms with Crippen LogP contribution in [0.15, 0.2) is 0 Å². The van der Waals surface area contributed by atoms with Crippen molar-refractivity contribution < 1.29 is 14.3 Å². The zero-order valence-electron chi connectivity index (χ0n) is 11.8. The Kier molecular flexibility index (Phi) is 4.98. The van der Waals surface area contributed by atoms with Crippen LogP contribution in [0.1, 0.15) is 48.5 Å². The van der Waals surface area contributed by atoms with Gasteiger partial charge < -0.3 is 15.4 Å². The molecule has 100 valence electrons. The summed E-state index contributed by atoms with van der Waals surface area (Å²) in [4.78, 5) is 23.1. The minimum absolute atomic E-state index is 0.336. The summed E-state index contributed by atoms with van der Waals surface area (Å²) in [7, 11) is 0. The van der Waals surface area contributed by atoms with Gasteiger partial charge in [-0.15, -0.1) is 0 Å². The molecule has 0 bridgehead atoms. The van der Waals surface area contributed by atoms with Crippen LogP contribution in [0.3, 0.4) is 0 Å². The van der Waals surface area contributed by atoms with E-state index in [9.17, 15) is 9.59 Å². The van der Waals surface area contributed by atoms with Gasteiger partial charge in [0.1, 0.15) is 11.6 Å². The molecule has 0 aromatic rings. The summed E-state index contributed by atoms with van der Waals surface area (Å²) in [5, 5.41) is 5.24. The van der Waals surface area contributed by atoms with Gasteiger partial charge in [-0.05, 0) is 48.5 Å². The van der Waals surface area contributed by atoms with Crippen LogP contribution < -0.4 is 10.6 Å². The lowest BCUT2D eigenvalue weighted by molar-refractivity contribution is -0.156. The molecule has 2 amide bonds. The lowest BCUT2D eigenvalue weighted by atomic mass is 10.1. The monoisotopic (exact) mass is 244 g/mol. The van der Waals surface area contributed by atoms with Gasteiger partial charge in [-0.3, -0.25) is 0 Å². The first-order valence-corrected chi connectivity index (χ1v) is 5.72.